The van der Waals surface area contributed by atoms with Crippen LogP contribution in [0.3, 0.4) is 0 Å². The number of aryl methyl sites for hydroxylation is 1. The van der Waals surface area contributed by atoms with Crippen LogP contribution in [0.15, 0.2) is 40.4 Å². The van der Waals surface area contributed by atoms with E-state index in [1.807, 2.05) is 0 Å². The summed E-state index contributed by atoms with van der Waals surface area (Å²) in [6.07, 6.45) is 11.4. The van der Waals surface area contributed by atoms with Crippen molar-refractivity contribution in [2.75, 3.05) is 6.61 Å². The van der Waals surface area contributed by atoms with Crippen molar-refractivity contribution in [1.29, 1.82) is 0 Å². The van der Waals surface area contributed by atoms with Gasteiger partial charge in [0.1, 0.15) is 0 Å². The Hall–Kier alpha value is -0.600. The highest BCUT2D eigenvalue weighted by molar-refractivity contribution is 9.11. The fraction of sp³-hybridized carbons (Fsp3) is 0.600. The maximum Gasteiger partial charge on any atom is 0.0720 e. The van der Waals surface area contributed by atoms with Gasteiger partial charge in [0.05, 0.1) is 12.2 Å². The number of hydrogen-bond donors (Lipinski definition) is 0. The molecule has 1 aliphatic heterocycles. The largest absolute Gasteiger partial charge is 0.374 e. The molecule has 2 fully saturated rings. The maximum atomic E-state index is 6.53. The summed E-state index contributed by atoms with van der Waals surface area (Å²) in [6.45, 7) is 0.949. The summed E-state index contributed by atoms with van der Waals surface area (Å²) in [5.41, 5.74) is 3.66. The highest BCUT2D eigenvalue weighted by atomic mass is 79.9. The van der Waals surface area contributed by atoms with Gasteiger partial charge in [0.25, 0.3) is 0 Å². The molecule has 0 unspecified atom stereocenters. The van der Waals surface area contributed by atoms with Crippen LogP contribution in [-0.2, 0) is 11.2 Å². The van der Waals surface area contributed by atoms with Gasteiger partial charge in [0, 0.05) is 5.41 Å². The van der Waals surface area contributed by atoms with E-state index >= 15 is 0 Å². The van der Waals surface area contributed by atoms with Crippen LogP contribution in [0, 0.1) is 5.41 Å². The number of hydrogen-bond acceptors (Lipinski definition) is 1. The molecule has 2 aliphatic carbocycles. The van der Waals surface area contributed by atoms with Crippen molar-refractivity contribution in [2.24, 2.45) is 5.41 Å². The molecule has 0 N–H and O–H groups in total. The molecule has 1 heterocycles. The Bertz CT molecular complexity index is 571. The summed E-state index contributed by atoms with van der Waals surface area (Å²) in [6, 6.07) is 10.9. The SMILES string of the molecule is BrC1=C2CC3(CCCCC3)OC[C@]2(CCc2ccccc2)C1. The van der Waals surface area contributed by atoms with E-state index in [0.29, 0.717) is 5.41 Å². The second-order valence-corrected chi connectivity index (χ2v) is 8.49. The Morgan fingerprint density at radius 1 is 1.00 bits per heavy atom. The van der Waals surface area contributed by atoms with Crippen LogP contribution < -0.4 is 0 Å². The third-order valence-electron chi connectivity index (χ3n) is 6.11. The predicted octanol–water partition coefficient (Wildman–Crippen LogP) is 5.78. The fourth-order valence-corrected chi connectivity index (χ4v) is 5.73. The molecule has 3 aliphatic rings. The van der Waals surface area contributed by atoms with Gasteiger partial charge >= 0.3 is 0 Å². The van der Waals surface area contributed by atoms with E-state index in [4.69, 9.17) is 4.74 Å². The predicted molar refractivity (Wildman–Crippen MR) is 94.2 cm³/mol. The van der Waals surface area contributed by atoms with Crippen LogP contribution in [0.4, 0.5) is 0 Å². The lowest BCUT2D eigenvalue weighted by atomic mass is 9.60. The van der Waals surface area contributed by atoms with Crippen LogP contribution in [0.5, 0.6) is 0 Å². The molecule has 1 spiro atoms. The lowest BCUT2D eigenvalue weighted by Gasteiger charge is -2.55. The highest BCUT2D eigenvalue weighted by Gasteiger charge is 2.52. The molecule has 4 rings (SSSR count). The average Bonchev–Trinajstić information content (AvgIpc) is 2.57. The molecule has 1 aromatic carbocycles. The van der Waals surface area contributed by atoms with Crippen LogP contribution >= 0.6 is 15.9 Å². The quantitative estimate of drug-likeness (QED) is 0.663. The molecule has 1 aromatic rings. The summed E-state index contributed by atoms with van der Waals surface area (Å²) in [5.74, 6) is 0. The minimum absolute atomic E-state index is 0.184. The van der Waals surface area contributed by atoms with Gasteiger partial charge in [-0.05, 0) is 54.1 Å². The lowest BCUT2D eigenvalue weighted by molar-refractivity contribution is -0.132. The van der Waals surface area contributed by atoms with E-state index in [1.54, 1.807) is 5.57 Å². The van der Waals surface area contributed by atoms with Crippen molar-refractivity contribution in [2.45, 2.75) is 63.4 Å². The van der Waals surface area contributed by atoms with E-state index in [1.165, 1.54) is 67.8 Å². The van der Waals surface area contributed by atoms with E-state index in [9.17, 15) is 0 Å². The Kier molecular flexibility index (Phi) is 3.94. The van der Waals surface area contributed by atoms with Gasteiger partial charge in [-0.3, -0.25) is 0 Å². The molecular weight excluding hydrogens is 336 g/mol. The molecule has 0 amide bonds. The molecule has 0 aromatic heterocycles. The topological polar surface area (TPSA) is 9.23 Å². The molecule has 1 saturated heterocycles. The number of benzene rings is 1. The molecule has 1 nitrogen and oxygen atoms in total. The number of ether oxygens (including phenoxy) is 1. The maximum absolute atomic E-state index is 6.53. The van der Waals surface area contributed by atoms with E-state index in [-0.39, 0.29) is 5.60 Å². The van der Waals surface area contributed by atoms with Crippen LogP contribution in [0.25, 0.3) is 0 Å². The molecule has 118 valence electrons. The van der Waals surface area contributed by atoms with E-state index in [2.05, 4.69) is 46.3 Å². The average molecular weight is 361 g/mol. The van der Waals surface area contributed by atoms with E-state index in [0.717, 1.165) is 6.61 Å². The van der Waals surface area contributed by atoms with Gasteiger partial charge in [-0.15, -0.1) is 0 Å². The van der Waals surface area contributed by atoms with Gasteiger partial charge in [-0.2, -0.15) is 0 Å². The first-order chi connectivity index (χ1) is 10.7. The zero-order valence-corrected chi connectivity index (χ0v) is 14.8. The van der Waals surface area contributed by atoms with Gasteiger partial charge in [-0.25, -0.2) is 0 Å². The summed E-state index contributed by atoms with van der Waals surface area (Å²) in [7, 11) is 0. The third-order valence-corrected chi connectivity index (χ3v) is 6.87. The molecule has 1 atom stereocenters. The summed E-state index contributed by atoms with van der Waals surface area (Å²) in [5, 5.41) is 0. The zero-order chi connectivity index (χ0) is 15.0. The van der Waals surface area contributed by atoms with E-state index < -0.39 is 0 Å². The van der Waals surface area contributed by atoms with Crippen molar-refractivity contribution < 1.29 is 4.74 Å². The first-order valence-corrected chi connectivity index (χ1v) is 9.57. The minimum atomic E-state index is 0.184. The summed E-state index contributed by atoms with van der Waals surface area (Å²) < 4.78 is 8.01. The standard InChI is InChI=1S/C20H25BrO/c21-18-14-19(12-9-16-7-3-1-4-8-16)15-22-20(13-17(18)19)10-5-2-6-11-20/h1,3-4,7-8H,2,5-6,9-15H2/t19-/m0/s1. The smallest absolute Gasteiger partial charge is 0.0720 e. The lowest BCUT2D eigenvalue weighted by Crippen LogP contribution is -2.51. The second kappa shape index (κ2) is 5.79. The van der Waals surface area contributed by atoms with Gasteiger partial charge in [-0.1, -0.05) is 65.5 Å². The molecule has 0 radical (unpaired) electrons. The normalized spacial score (nSPS) is 30.0. The zero-order valence-electron chi connectivity index (χ0n) is 13.2. The first kappa shape index (κ1) is 15.0. The highest BCUT2D eigenvalue weighted by Crippen LogP contribution is 2.59. The van der Waals surface area contributed by atoms with Crippen molar-refractivity contribution in [3.8, 4) is 0 Å². The van der Waals surface area contributed by atoms with Crippen molar-refractivity contribution in [3.63, 3.8) is 0 Å². The van der Waals surface area contributed by atoms with Gasteiger partial charge in [0.15, 0.2) is 0 Å². The number of fused-ring (bicyclic) bond motifs is 1. The number of rotatable bonds is 3. The van der Waals surface area contributed by atoms with Crippen molar-refractivity contribution in [3.05, 3.63) is 46.0 Å². The van der Waals surface area contributed by atoms with Crippen LogP contribution in [0.2, 0.25) is 0 Å². The summed E-state index contributed by atoms with van der Waals surface area (Å²) in [4.78, 5) is 0. The number of allylic oxidation sites excluding steroid dienone is 1. The molecule has 2 heteroatoms. The monoisotopic (exact) mass is 360 g/mol. The Morgan fingerprint density at radius 3 is 2.50 bits per heavy atom. The number of halogens is 1. The van der Waals surface area contributed by atoms with Gasteiger partial charge < -0.3 is 4.74 Å². The Labute approximate surface area is 142 Å². The van der Waals surface area contributed by atoms with Crippen LogP contribution in [-0.4, -0.2) is 12.2 Å². The molecule has 0 bridgehead atoms. The Balaban J connectivity index is 1.47. The van der Waals surface area contributed by atoms with Crippen molar-refractivity contribution in [1.82, 2.24) is 0 Å². The fourth-order valence-electron chi connectivity index (χ4n) is 4.63. The minimum Gasteiger partial charge on any atom is -0.374 e. The Morgan fingerprint density at radius 2 is 1.77 bits per heavy atom. The van der Waals surface area contributed by atoms with Gasteiger partial charge in [0.2, 0.25) is 0 Å². The third kappa shape index (κ3) is 2.59. The second-order valence-electron chi connectivity index (χ2n) is 7.54. The molecule has 22 heavy (non-hydrogen) atoms. The molecule has 1 saturated carbocycles. The van der Waals surface area contributed by atoms with Crippen LogP contribution in [0.1, 0.15) is 56.9 Å². The summed E-state index contributed by atoms with van der Waals surface area (Å²) >= 11 is 3.84. The van der Waals surface area contributed by atoms with Crippen molar-refractivity contribution >= 4 is 15.9 Å². The first-order valence-electron chi connectivity index (χ1n) is 8.77. The molecular formula is C20H25BrO.